The van der Waals surface area contributed by atoms with E-state index in [-0.39, 0.29) is 0 Å². The van der Waals surface area contributed by atoms with Gasteiger partial charge >= 0.3 is 0 Å². The molecule has 2 heterocycles. The summed E-state index contributed by atoms with van der Waals surface area (Å²) in [6, 6.07) is 14.1. The third-order valence-electron chi connectivity index (χ3n) is 3.04. The Kier molecular flexibility index (Phi) is 1.56. The Morgan fingerprint density at radius 2 is 1.82 bits per heavy atom. The number of nitrogens with zero attached hydrogens (tertiary/aromatic N) is 2. The molecule has 0 radical (unpaired) electrons. The molecule has 0 spiro atoms. The van der Waals surface area contributed by atoms with E-state index >= 15 is 0 Å². The molecular weight excluding hydrogens is 212 g/mol. The van der Waals surface area contributed by atoms with Crippen molar-refractivity contribution in [1.29, 1.82) is 0 Å². The maximum absolute atomic E-state index is 5.40. The minimum absolute atomic E-state index is 0.804. The van der Waals surface area contributed by atoms with Crippen LogP contribution >= 0.6 is 0 Å². The Morgan fingerprint density at radius 1 is 0.882 bits per heavy atom. The zero-order valence-corrected chi connectivity index (χ0v) is 8.92. The molecular formula is C14H8N2O. The van der Waals surface area contributed by atoms with Crippen molar-refractivity contribution in [2.45, 2.75) is 0 Å². The fourth-order valence-corrected chi connectivity index (χ4v) is 2.28. The normalized spacial score (nSPS) is 11.5. The number of rotatable bonds is 0. The molecule has 0 atom stereocenters. The molecule has 17 heavy (non-hydrogen) atoms. The zero-order valence-electron chi connectivity index (χ0n) is 8.92. The molecule has 3 heteroatoms. The molecule has 0 amide bonds. The lowest BCUT2D eigenvalue weighted by molar-refractivity contribution is 0.444. The van der Waals surface area contributed by atoms with Crippen molar-refractivity contribution < 1.29 is 4.52 Å². The highest BCUT2D eigenvalue weighted by Gasteiger charge is 2.10. The first-order valence-electron chi connectivity index (χ1n) is 5.45. The second-order valence-electron chi connectivity index (χ2n) is 4.02. The van der Waals surface area contributed by atoms with Crippen LogP contribution in [0.1, 0.15) is 0 Å². The van der Waals surface area contributed by atoms with Gasteiger partial charge in [0.15, 0.2) is 5.58 Å². The molecule has 0 aliphatic rings. The van der Waals surface area contributed by atoms with Crippen molar-refractivity contribution in [3.05, 3.63) is 48.7 Å². The van der Waals surface area contributed by atoms with Crippen LogP contribution in [0.15, 0.2) is 53.2 Å². The monoisotopic (exact) mass is 220 g/mol. The van der Waals surface area contributed by atoms with Crippen molar-refractivity contribution in [2.24, 2.45) is 0 Å². The van der Waals surface area contributed by atoms with Gasteiger partial charge in [0.05, 0.1) is 22.6 Å². The molecule has 2 aromatic carbocycles. The summed E-state index contributed by atoms with van der Waals surface area (Å²) in [5.74, 6) is 0. The van der Waals surface area contributed by atoms with E-state index in [4.69, 9.17) is 4.52 Å². The Hall–Kier alpha value is -2.42. The van der Waals surface area contributed by atoms with E-state index in [1.165, 1.54) is 0 Å². The number of aromatic nitrogens is 2. The summed E-state index contributed by atoms with van der Waals surface area (Å²) in [6.45, 7) is 0. The Bertz CT molecular complexity index is 842. The predicted octanol–water partition coefficient (Wildman–Crippen LogP) is 3.53. The lowest BCUT2D eigenvalue weighted by atomic mass is 10.1. The number of hydrogen-bond acceptors (Lipinski definition) is 3. The average molecular weight is 220 g/mol. The second kappa shape index (κ2) is 3.04. The molecule has 0 saturated heterocycles. The predicted molar refractivity (Wildman–Crippen MR) is 66.8 cm³/mol. The van der Waals surface area contributed by atoms with Gasteiger partial charge in [-0.3, -0.25) is 0 Å². The van der Waals surface area contributed by atoms with Gasteiger partial charge in [0.2, 0.25) is 0 Å². The SMILES string of the molecule is c1ccc2c(c1)nc1ccc3ccnoc3c12. The minimum atomic E-state index is 0.804. The van der Waals surface area contributed by atoms with Crippen LogP contribution in [0.5, 0.6) is 0 Å². The van der Waals surface area contributed by atoms with Crippen LogP contribution in [0.4, 0.5) is 0 Å². The highest BCUT2D eigenvalue weighted by Crippen LogP contribution is 2.31. The molecule has 3 nitrogen and oxygen atoms in total. The van der Waals surface area contributed by atoms with E-state index in [9.17, 15) is 0 Å². The van der Waals surface area contributed by atoms with Gasteiger partial charge in [-0.25, -0.2) is 4.98 Å². The quantitative estimate of drug-likeness (QED) is 0.455. The highest BCUT2D eigenvalue weighted by molar-refractivity contribution is 6.17. The molecule has 80 valence electrons. The van der Waals surface area contributed by atoms with E-state index in [2.05, 4.69) is 16.2 Å². The fraction of sp³-hybridized carbons (Fsp3) is 0. The summed E-state index contributed by atoms with van der Waals surface area (Å²) in [5.41, 5.74) is 2.75. The first kappa shape index (κ1) is 8.70. The summed E-state index contributed by atoms with van der Waals surface area (Å²) in [5, 5.41) is 7.06. The van der Waals surface area contributed by atoms with Crippen LogP contribution in [0, 0.1) is 0 Å². The fourth-order valence-electron chi connectivity index (χ4n) is 2.28. The van der Waals surface area contributed by atoms with Crippen LogP contribution < -0.4 is 0 Å². The molecule has 4 aromatic rings. The van der Waals surface area contributed by atoms with Crippen molar-refractivity contribution in [3.63, 3.8) is 0 Å². The molecule has 0 bridgehead atoms. The summed E-state index contributed by atoms with van der Waals surface area (Å²) in [4.78, 5) is 4.58. The molecule has 0 fully saturated rings. The summed E-state index contributed by atoms with van der Waals surface area (Å²) in [7, 11) is 0. The topological polar surface area (TPSA) is 38.9 Å². The largest absolute Gasteiger partial charge is 0.356 e. The molecule has 4 rings (SSSR count). The molecule has 0 saturated carbocycles. The van der Waals surface area contributed by atoms with Crippen LogP contribution in [0.2, 0.25) is 0 Å². The summed E-state index contributed by atoms with van der Waals surface area (Å²) >= 11 is 0. The maximum atomic E-state index is 5.40. The Balaban J connectivity index is 2.38. The molecule has 0 aliphatic carbocycles. The van der Waals surface area contributed by atoms with Crippen molar-refractivity contribution in [3.8, 4) is 0 Å². The lowest BCUT2D eigenvalue weighted by Crippen LogP contribution is -1.76. The van der Waals surface area contributed by atoms with Crippen LogP contribution in [-0.4, -0.2) is 10.1 Å². The maximum Gasteiger partial charge on any atom is 0.175 e. The van der Waals surface area contributed by atoms with E-state index in [1.807, 2.05) is 36.4 Å². The van der Waals surface area contributed by atoms with Gasteiger partial charge in [0.25, 0.3) is 0 Å². The van der Waals surface area contributed by atoms with Crippen molar-refractivity contribution in [1.82, 2.24) is 10.1 Å². The first-order chi connectivity index (χ1) is 8.43. The van der Waals surface area contributed by atoms with Crippen LogP contribution in [0.3, 0.4) is 0 Å². The van der Waals surface area contributed by atoms with Crippen LogP contribution in [-0.2, 0) is 0 Å². The molecule has 0 aliphatic heterocycles. The Labute approximate surface area is 96.7 Å². The third kappa shape index (κ3) is 1.11. The number of hydrogen-bond donors (Lipinski definition) is 0. The zero-order chi connectivity index (χ0) is 11.2. The van der Waals surface area contributed by atoms with E-state index in [0.29, 0.717) is 0 Å². The summed E-state index contributed by atoms with van der Waals surface area (Å²) in [6.07, 6.45) is 1.66. The molecule has 0 unspecified atom stereocenters. The molecule has 2 aromatic heterocycles. The van der Waals surface area contributed by atoms with Gasteiger partial charge in [0.1, 0.15) is 0 Å². The third-order valence-corrected chi connectivity index (χ3v) is 3.04. The first-order valence-corrected chi connectivity index (χ1v) is 5.45. The average Bonchev–Trinajstić information content (AvgIpc) is 2.77. The number of para-hydroxylation sites is 1. The van der Waals surface area contributed by atoms with Crippen molar-refractivity contribution >= 4 is 32.8 Å². The van der Waals surface area contributed by atoms with E-state index < -0.39 is 0 Å². The highest BCUT2D eigenvalue weighted by atomic mass is 16.5. The molecule has 0 N–H and O–H groups in total. The summed E-state index contributed by atoms with van der Waals surface area (Å²) < 4.78 is 5.40. The van der Waals surface area contributed by atoms with Gasteiger partial charge in [-0.2, -0.15) is 0 Å². The van der Waals surface area contributed by atoms with Gasteiger partial charge in [-0.05, 0) is 24.3 Å². The van der Waals surface area contributed by atoms with Crippen molar-refractivity contribution in [2.75, 3.05) is 0 Å². The van der Waals surface area contributed by atoms with Crippen LogP contribution in [0.25, 0.3) is 32.8 Å². The van der Waals surface area contributed by atoms with E-state index in [0.717, 1.165) is 32.8 Å². The number of fused-ring (bicyclic) bond motifs is 5. The van der Waals surface area contributed by atoms with Gasteiger partial charge < -0.3 is 4.52 Å². The van der Waals surface area contributed by atoms with E-state index in [1.54, 1.807) is 6.20 Å². The standard InChI is InChI=1S/C14H8N2O/c1-2-4-11-10(3-1)13-12(16-11)6-5-9-7-8-15-17-14(9)13/h1-8H. The number of benzene rings is 2. The smallest absolute Gasteiger partial charge is 0.175 e. The van der Waals surface area contributed by atoms with Gasteiger partial charge in [-0.15, -0.1) is 0 Å². The van der Waals surface area contributed by atoms with Gasteiger partial charge in [0, 0.05) is 10.8 Å². The van der Waals surface area contributed by atoms with Gasteiger partial charge in [-0.1, -0.05) is 23.4 Å². The minimum Gasteiger partial charge on any atom is -0.356 e. The lowest BCUT2D eigenvalue weighted by Gasteiger charge is -1.96. The Morgan fingerprint density at radius 3 is 2.82 bits per heavy atom. The second-order valence-corrected chi connectivity index (χ2v) is 4.02.